The molecule has 1 aromatic heterocycles. The van der Waals surface area contributed by atoms with Crippen molar-refractivity contribution in [1.82, 2.24) is 4.98 Å². The van der Waals surface area contributed by atoms with Gasteiger partial charge in [-0.2, -0.15) is 4.39 Å². The molecule has 2 aromatic rings. The lowest BCUT2D eigenvalue weighted by Gasteiger charge is -2.01. The first-order valence-electron chi connectivity index (χ1n) is 5.04. The summed E-state index contributed by atoms with van der Waals surface area (Å²) in [4.78, 5) is 15.3. The van der Waals surface area contributed by atoms with E-state index in [1.54, 1.807) is 30.3 Å². The van der Waals surface area contributed by atoms with Crippen molar-refractivity contribution in [3.05, 3.63) is 64.1 Å². The largest absolute Gasteiger partial charge is 0.294 e. The van der Waals surface area contributed by atoms with Gasteiger partial charge < -0.3 is 0 Å². The third kappa shape index (κ3) is 3.20. The number of rotatable bonds is 3. The summed E-state index contributed by atoms with van der Waals surface area (Å²) in [6, 6.07) is 10.0. The van der Waals surface area contributed by atoms with Gasteiger partial charge in [0.2, 0.25) is 5.95 Å². The van der Waals surface area contributed by atoms with E-state index < -0.39 is 5.95 Å². The van der Waals surface area contributed by atoms with E-state index >= 15 is 0 Å². The van der Waals surface area contributed by atoms with Crippen molar-refractivity contribution >= 4 is 21.7 Å². The van der Waals surface area contributed by atoms with Gasteiger partial charge in [0.15, 0.2) is 5.78 Å². The van der Waals surface area contributed by atoms with Crippen LogP contribution in [0.1, 0.15) is 15.9 Å². The maximum absolute atomic E-state index is 12.8. The Kier molecular flexibility index (Phi) is 3.64. The second kappa shape index (κ2) is 5.19. The van der Waals surface area contributed by atoms with Crippen molar-refractivity contribution in [3.8, 4) is 0 Å². The van der Waals surface area contributed by atoms with E-state index in [4.69, 9.17) is 0 Å². The van der Waals surface area contributed by atoms with Crippen molar-refractivity contribution < 1.29 is 9.18 Å². The number of hydrogen-bond acceptors (Lipinski definition) is 2. The summed E-state index contributed by atoms with van der Waals surface area (Å²) in [7, 11) is 0. The molecule has 0 aliphatic carbocycles. The fourth-order valence-electron chi connectivity index (χ4n) is 1.48. The Balaban J connectivity index is 2.14. The van der Waals surface area contributed by atoms with Gasteiger partial charge in [-0.25, -0.2) is 4.98 Å². The van der Waals surface area contributed by atoms with E-state index in [0.29, 0.717) is 11.1 Å². The van der Waals surface area contributed by atoms with Crippen molar-refractivity contribution in [2.75, 3.05) is 0 Å². The van der Waals surface area contributed by atoms with Gasteiger partial charge in [-0.15, -0.1) is 0 Å². The van der Waals surface area contributed by atoms with Gasteiger partial charge in [0.05, 0.1) is 0 Å². The Morgan fingerprint density at radius 3 is 2.59 bits per heavy atom. The maximum Gasteiger partial charge on any atom is 0.213 e. The van der Waals surface area contributed by atoms with Gasteiger partial charge in [-0.3, -0.25) is 4.79 Å². The average Bonchev–Trinajstić information content (AvgIpc) is 2.29. The van der Waals surface area contributed by atoms with E-state index in [2.05, 4.69) is 20.9 Å². The zero-order valence-electron chi connectivity index (χ0n) is 8.86. The molecule has 2 rings (SSSR count). The van der Waals surface area contributed by atoms with Crippen molar-refractivity contribution in [2.45, 2.75) is 6.42 Å². The standard InChI is InChI=1S/C13H9BrFNO/c14-11-3-1-10(2-4-11)12(17)7-9-5-6-16-13(15)8-9/h1-6,8H,7H2. The molecule has 0 aliphatic rings. The highest BCUT2D eigenvalue weighted by Gasteiger charge is 2.07. The zero-order valence-corrected chi connectivity index (χ0v) is 10.4. The molecule has 0 aliphatic heterocycles. The second-order valence-corrected chi connectivity index (χ2v) is 4.51. The van der Waals surface area contributed by atoms with Gasteiger partial charge in [-0.05, 0) is 29.8 Å². The summed E-state index contributed by atoms with van der Waals surface area (Å²) >= 11 is 3.30. The first-order chi connectivity index (χ1) is 8.15. The number of carbonyl (C=O) groups is 1. The number of pyridine rings is 1. The van der Waals surface area contributed by atoms with Crippen LogP contribution in [0.3, 0.4) is 0 Å². The first-order valence-corrected chi connectivity index (χ1v) is 5.83. The summed E-state index contributed by atoms with van der Waals surface area (Å²) in [5, 5.41) is 0. The van der Waals surface area contributed by atoms with Crippen LogP contribution in [0.15, 0.2) is 47.1 Å². The van der Waals surface area contributed by atoms with Gasteiger partial charge in [0.1, 0.15) is 0 Å². The van der Waals surface area contributed by atoms with E-state index in [0.717, 1.165) is 4.47 Å². The molecule has 1 heterocycles. The molecule has 17 heavy (non-hydrogen) atoms. The smallest absolute Gasteiger partial charge is 0.213 e. The number of aromatic nitrogens is 1. The minimum Gasteiger partial charge on any atom is -0.294 e. The van der Waals surface area contributed by atoms with Crippen LogP contribution in [0.4, 0.5) is 4.39 Å². The summed E-state index contributed by atoms with van der Waals surface area (Å²) in [6.45, 7) is 0. The quantitative estimate of drug-likeness (QED) is 0.641. The van der Waals surface area contributed by atoms with Gasteiger partial charge in [0.25, 0.3) is 0 Å². The molecule has 0 amide bonds. The molecule has 2 nitrogen and oxygen atoms in total. The number of ketones is 1. The molecule has 0 saturated carbocycles. The number of Topliss-reactive ketones (excluding diaryl/α,β-unsaturated/α-hetero) is 1. The van der Waals surface area contributed by atoms with E-state index in [1.165, 1.54) is 12.3 Å². The molecule has 1 aromatic carbocycles. The van der Waals surface area contributed by atoms with Crippen LogP contribution in [0.25, 0.3) is 0 Å². The molecule has 4 heteroatoms. The third-order valence-corrected chi connectivity index (χ3v) is 2.85. The number of benzene rings is 1. The van der Waals surface area contributed by atoms with Crippen LogP contribution in [-0.2, 0) is 6.42 Å². The molecule has 0 fully saturated rings. The number of carbonyl (C=O) groups excluding carboxylic acids is 1. The Morgan fingerprint density at radius 2 is 1.94 bits per heavy atom. The van der Waals surface area contributed by atoms with Crippen LogP contribution in [0, 0.1) is 5.95 Å². The van der Waals surface area contributed by atoms with E-state index in [-0.39, 0.29) is 12.2 Å². The predicted molar refractivity (Wildman–Crippen MR) is 66.4 cm³/mol. The van der Waals surface area contributed by atoms with Crippen molar-refractivity contribution in [1.29, 1.82) is 0 Å². The minimum absolute atomic E-state index is 0.0388. The van der Waals surface area contributed by atoms with Crippen LogP contribution in [-0.4, -0.2) is 10.8 Å². The number of hydrogen-bond donors (Lipinski definition) is 0. The van der Waals surface area contributed by atoms with Gasteiger partial charge in [-0.1, -0.05) is 28.1 Å². The van der Waals surface area contributed by atoms with Crippen LogP contribution in [0.5, 0.6) is 0 Å². The molecule has 0 saturated heterocycles. The molecule has 0 unspecified atom stereocenters. The summed E-state index contributed by atoms with van der Waals surface area (Å²) in [6.07, 6.45) is 1.54. The highest BCUT2D eigenvalue weighted by atomic mass is 79.9. The van der Waals surface area contributed by atoms with Crippen LogP contribution < -0.4 is 0 Å². The van der Waals surface area contributed by atoms with E-state index in [9.17, 15) is 9.18 Å². The van der Waals surface area contributed by atoms with Crippen molar-refractivity contribution in [2.24, 2.45) is 0 Å². The Labute approximate surface area is 107 Å². The highest BCUT2D eigenvalue weighted by Crippen LogP contribution is 2.13. The summed E-state index contributed by atoms with van der Waals surface area (Å²) in [5.74, 6) is -0.603. The number of nitrogens with zero attached hydrogens (tertiary/aromatic N) is 1. The first kappa shape index (κ1) is 11.9. The average molecular weight is 294 g/mol. The molecule has 86 valence electrons. The maximum atomic E-state index is 12.8. The minimum atomic E-state index is -0.564. The van der Waals surface area contributed by atoms with E-state index in [1.807, 2.05) is 0 Å². The molecule has 0 N–H and O–H groups in total. The molecule has 0 atom stereocenters. The monoisotopic (exact) mass is 293 g/mol. The zero-order chi connectivity index (χ0) is 12.3. The molecular formula is C13H9BrFNO. The second-order valence-electron chi connectivity index (χ2n) is 3.59. The SMILES string of the molecule is O=C(Cc1ccnc(F)c1)c1ccc(Br)cc1. The lowest BCUT2D eigenvalue weighted by Crippen LogP contribution is -2.03. The van der Waals surface area contributed by atoms with Gasteiger partial charge >= 0.3 is 0 Å². The molecule has 0 bridgehead atoms. The Hall–Kier alpha value is -1.55. The number of halogens is 2. The highest BCUT2D eigenvalue weighted by molar-refractivity contribution is 9.10. The molecule has 0 spiro atoms. The fourth-order valence-corrected chi connectivity index (χ4v) is 1.74. The Morgan fingerprint density at radius 1 is 1.24 bits per heavy atom. The predicted octanol–water partition coefficient (Wildman–Crippen LogP) is 3.41. The topological polar surface area (TPSA) is 30.0 Å². The van der Waals surface area contributed by atoms with Crippen molar-refractivity contribution in [3.63, 3.8) is 0 Å². The fraction of sp³-hybridized carbons (Fsp3) is 0.0769. The molecular weight excluding hydrogens is 285 g/mol. The summed E-state index contributed by atoms with van der Waals surface area (Å²) < 4.78 is 13.8. The Bertz CT molecular complexity index is 539. The lowest BCUT2D eigenvalue weighted by atomic mass is 10.0. The normalized spacial score (nSPS) is 10.2. The van der Waals surface area contributed by atoms with Crippen LogP contribution >= 0.6 is 15.9 Å². The lowest BCUT2D eigenvalue weighted by molar-refractivity contribution is 0.0993. The summed E-state index contributed by atoms with van der Waals surface area (Å²) in [5.41, 5.74) is 1.25. The molecule has 0 radical (unpaired) electrons. The third-order valence-electron chi connectivity index (χ3n) is 2.32. The van der Waals surface area contributed by atoms with Gasteiger partial charge in [0, 0.05) is 22.7 Å². The van der Waals surface area contributed by atoms with Crippen LogP contribution in [0.2, 0.25) is 0 Å².